The Bertz CT molecular complexity index is 683. The summed E-state index contributed by atoms with van der Waals surface area (Å²) in [5, 5.41) is 12.5. The van der Waals surface area contributed by atoms with Crippen molar-refractivity contribution in [3.8, 4) is 0 Å². The molecule has 1 amide bonds. The summed E-state index contributed by atoms with van der Waals surface area (Å²) in [6.45, 7) is 6.96. The van der Waals surface area contributed by atoms with Gasteiger partial charge in [0, 0.05) is 19.5 Å². The molecule has 0 radical (unpaired) electrons. The summed E-state index contributed by atoms with van der Waals surface area (Å²) >= 11 is 12.8. The van der Waals surface area contributed by atoms with E-state index in [9.17, 15) is 14.7 Å². The molecule has 1 heterocycles. The van der Waals surface area contributed by atoms with E-state index in [-0.39, 0.29) is 6.42 Å². The minimum atomic E-state index is -1.17. The second kappa shape index (κ2) is 8.35. The van der Waals surface area contributed by atoms with E-state index in [1.165, 1.54) is 0 Å². The summed E-state index contributed by atoms with van der Waals surface area (Å²) in [5.41, 5.74) is 0.693. The third-order valence-electron chi connectivity index (χ3n) is 4.00. The molecule has 1 aliphatic heterocycles. The molecule has 1 unspecified atom stereocenters. The molecule has 1 aromatic rings. The summed E-state index contributed by atoms with van der Waals surface area (Å²) < 4.78 is 5.12. The highest BCUT2D eigenvalue weighted by Crippen LogP contribution is 2.37. The Morgan fingerprint density at radius 3 is 2.38 bits per heavy atom. The van der Waals surface area contributed by atoms with Gasteiger partial charge in [0.2, 0.25) is 0 Å². The molecule has 26 heavy (non-hydrogen) atoms. The number of hydrogen-bond donors (Lipinski definition) is 2. The SMILES string of the molecule is CC(C)(C)OC(=O)NC(Cc1ccc(N2CCCC2)c(Cl)c1Cl)C(=O)O. The van der Waals surface area contributed by atoms with Gasteiger partial charge in [-0.05, 0) is 45.2 Å². The van der Waals surface area contributed by atoms with Gasteiger partial charge >= 0.3 is 12.1 Å². The number of halogens is 2. The molecule has 1 atom stereocenters. The Morgan fingerprint density at radius 2 is 1.85 bits per heavy atom. The maximum atomic E-state index is 11.9. The lowest BCUT2D eigenvalue weighted by atomic mass is 10.1. The zero-order chi connectivity index (χ0) is 19.5. The fourth-order valence-electron chi connectivity index (χ4n) is 2.81. The first kappa shape index (κ1) is 20.6. The number of rotatable bonds is 5. The predicted molar refractivity (Wildman–Crippen MR) is 102 cm³/mol. The number of benzene rings is 1. The van der Waals surface area contributed by atoms with E-state index in [4.69, 9.17) is 27.9 Å². The number of carboxylic acid groups (broad SMARTS) is 1. The van der Waals surface area contributed by atoms with Crippen molar-refractivity contribution < 1.29 is 19.4 Å². The zero-order valence-corrected chi connectivity index (χ0v) is 16.7. The summed E-state index contributed by atoms with van der Waals surface area (Å²) in [6, 6.07) is 2.44. The summed E-state index contributed by atoms with van der Waals surface area (Å²) in [4.78, 5) is 25.6. The summed E-state index contributed by atoms with van der Waals surface area (Å²) in [5.74, 6) is -1.17. The van der Waals surface area contributed by atoms with Crippen molar-refractivity contribution in [3.63, 3.8) is 0 Å². The van der Waals surface area contributed by atoms with Gasteiger partial charge in [0.1, 0.15) is 11.6 Å². The van der Waals surface area contributed by atoms with Crippen LogP contribution >= 0.6 is 23.2 Å². The Morgan fingerprint density at radius 1 is 1.23 bits per heavy atom. The van der Waals surface area contributed by atoms with Crippen molar-refractivity contribution in [1.82, 2.24) is 5.32 Å². The molecule has 0 spiro atoms. The summed E-state index contributed by atoms with van der Waals surface area (Å²) in [6.07, 6.45) is 1.43. The van der Waals surface area contributed by atoms with Gasteiger partial charge in [-0.2, -0.15) is 0 Å². The molecule has 0 aliphatic carbocycles. The molecule has 8 heteroatoms. The predicted octanol–water partition coefficient (Wildman–Crippen LogP) is 4.11. The third-order valence-corrected chi connectivity index (χ3v) is 4.91. The number of ether oxygens (including phenoxy) is 1. The third kappa shape index (κ3) is 5.42. The van der Waals surface area contributed by atoms with E-state index >= 15 is 0 Å². The van der Waals surface area contributed by atoms with E-state index < -0.39 is 23.7 Å². The van der Waals surface area contributed by atoms with Crippen LogP contribution in [-0.2, 0) is 16.0 Å². The number of hydrogen-bond acceptors (Lipinski definition) is 4. The number of nitrogens with zero attached hydrogens (tertiary/aromatic N) is 1. The highest BCUT2D eigenvalue weighted by atomic mass is 35.5. The van der Waals surface area contributed by atoms with Crippen LogP contribution in [0, 0.1) is 0 Å². The first-order valence-corrected chi connectivity index (χ1v) is 9.28. The number of amides is 1. The van der Waals surface area contributed by atoms with Gasteiger partial charge in [-0.1, -0.05) is 29.3 Å². The lowest BCUT2D eigenvalue weighted by molar-refractivity contribution is -0.139. The Kier molecular flexibility index (Phi) is 6.64. The maximum absolute atomic E-state index is 11.9. The van der Waals surface area contributed by atoms with Gasteiger partial charge < -0.3 is 20.1 Å². The topological polar surface area (TPSA) is 78.9 Å². The Balaban J connectivity index is 2.14. The van der Waals surface area contributed by atoms with E-state index in [1.54, 1.807) is 26.8 Å². The quantitative estimate of drug-likeness (QED) is 0.774. The van der Waals surface area contributed by atoms with Crippen LogP contribution in [0.1, 0.15) is 39.2 Å². The van der Waals surface area contributed by atoms with Gasteiger partial charge in [0.15, 0.2) is 0 Å². The van der Waals surface area contributed by atoms with Crippen molar-refractivity contribution >= 4 is 41.0 Å². The minimum absolute atomic E-state index is 0.00735. The average molecular weight is 403 g/mol. The summed E-state index contributed by atoms with van der Waals surface area (Å²) in [7, 11) is 0. The molecule has 1 saturated heterocycles. The number of carboxylic acids is 1. The normalized spacial score (nSPS) is 15.7. The van der Waals surface area contributed by atoms with Crippen LogP contribution in [0.3, 0.4) is 0 Å². The highest BCUT2D eigenvalue weighted by Gasteiger charge is 2.26. The first-order chi connectivity index (χ1) is 12.1. The van der Waals surface area contributed by atoms with Crippen molar-refractivity contribution in [2.45, 2.75) is 51.7 Å². The van der Waals surface area contributed by atoms with Gasteiger partial charge in [0.05, 0.1) is 15.7 Å². The molecule has 1 aliphatic rings. The fourth-order valence-corrected chi connectivity index (χ4v) is 3.35. The van der Waals surface area contributed by atoms with Crippen LogP contribution in [0.25, 0.3) is 0 Å². The molecule has 0 bridgehead atoms. The van der Waals surface area contributed by atoms with Crippen molar-refractivity contribution in [3.05, 3.63) is 27.7 Å². The van der Waals surface area contributed by atoms with E-state index in [0.717, 1.165) is 31.6 Å². The van der Waals surface area contributed by atoms with Crippen LogP contribution in [0.2, 0.25) is 10.0 Å². The molecule has 1 aromatic carbocycles. The Hall–Kier alpha value is -1.66. The van der Waals surface area contributed by atoms with Gasteiger partial charge in [0.25, 0.3) is 0 Å². The number of carbonyl (C=O) groups excluding carboxylic acids is 1. The number of anilines is 1. The number of aliphatic carboxylic acids is 1. The van der Waals surface area contributed by atoms with Gasteiger partial charge in [-0.15, -0.1) is 0 Å². The monoisotopic (exact) mass is 402 g/mol. The standard InChI is InChI=1S/C18H24Cl2N2O4/c1-18(2,3)26-17(25)21-12(16(23)24)10-11-6-7-13(15(20)14(11)19)22-8-4-5-9-22/h6-7,12H,4-5,8-10H2,1-3H3,(H,21,25)(H,23,24). The van der Waals surface area contributed by atoms with E-state index in [1.807, 2.05) is 6.07 Å². The Labute approximate surface area is 163 Å². The first-order valence-electron chi connectivity index (χ1n) is 8.52. The highest BCUT2D eigenvalue weighted by molar-refractivity contribution is 6.44. The van der Waals surface area contributed by atoms with Crippen LogP contribution in [-0.4, -0.2) is 41.9 Å². The smallest absolute Gasteiger partial charge is 0.408 e. The van der Waals surface area contributed by atoms with Crippen LogP contribution in [0.4, 0.5) is 10.5 Å². The van der Waals surface area contributed by atoms with Gasteiger partial charge in [-0.25, -0.2) is 9.59 Å². The molecule has 1 fully saturated rings. The maximum Gasteiger partial charge on any atom is 0.408 e. The average Bonchev–Trinajstić information content (AvgIpc) is 3.03. The lowest BCUT2D eigenvalue weighted by Crippen LogP contribution is -2.44. The minimum Gasteiger partial charge on any atom is -0.480 e. The molecular formula is C18H24Cl2N2O4. The molecule has 0 aromatic heterocycles. The van der Waals surface area contributed by atoms with Gasteiger partial charge in [-0.3, -0.25) is 0 Å². The van der Waals surface area contributed by atoms with E-state index in [0.29, 0.717) is 15.6 Å². The largest absolute Gasteiger partial charge is 0.480 e. The molecule has 144 valence electrons. The fraction of sp³-hybridized carbons (Fsp3) is 0.556. The molecule has 2 rings (SSSR count). The van der Waals surface area contributed by atoms with Crippen molar-refractivity contribution in [1.29, 1.82) is 0 Å². The molecular weight excluding hydrogens is 379 g/mol. The van der Waals surface area contributed by atoms with Crippen molar-refractivity contribution in [2.24, 2.45) is 0 Å². The van der Waals surface area contributed by atoms with Crippen LogP contribution < -0.4 is 10.2 Å². The molecule has 2 N–H and O–H groups in total. The molecule has 6 nitrogen and oxygen atoms in total. The van der Waals surface area contributed by atoms with Crippen molar-refractivity contribution in [2.75, 3.05) is 18.0 Å². The number of nitrogens with one attached hydrogen (secondary N) is 1. The molecule has 0 saturated carbocycles. The van der Waals surface area contributed by atoms with Crippen LogP contribution in [0.5, 0.6) is 0 Å². The lowest BCUT2D eigenvalue weighted by Gasteiger charge is -2.23. The van der Waals surface area contributed by atoms with E-state index in [2.05, 4.69) is 10.2 Å². The second-order valence-corrected chi connectivity index (χ2v) is 8.06. The second-order valence-electron chi connectivity index (χ2n) is 7.31. The number of alkyl carbamates (subject to hydrolysis) is 1. The zero-order valence-electron chi connectivity index (χ0n) is 15.1. The number of carbonyl (C=O) groups is 2. The van der Waals surface area contributed by atoms with Crippen LogP contribution in [0.15, 0.2) is 12.1 Å².